The van der Waals surface area contributed by atoms with Gasteiger partial charge in [-0.2, -0.15) is 0 Å². The standard InChI is InChI=1S/C25H32N2O3/c1-18(2)13-16-30-23-10-5-4-9-22(23)24(28)26-21-8-6-7-20(17-21)25(29)27-14-11-19(3)12-15-27/h4-10,17-19H,11-16H2,1-3H3,(H,26,28). The molecular formula is C25H32N2O3. The molecule has 1 heterocycles. The third-order valence-corrected chi connectivity index (χ3v) is 5.52. The molecule has 1 aliphatic heterocycles. The van der Waals surface area contributed by atoms with Crippen molar-refractivity contribution < 1.29 is 14.3 Å². The Balaban J connectivity index is 1.68. The number of nitrogens with zero attached hydrogens (tertiary/aromatic N) is 1. The molecule has 30 heavy (non-hydrogen) atoms. The Bertz CT molecular complexity index is 870. The van der Waals surface area contributed by atoms with Gasteiger partial charge in [0.25, 0.3) is 11.8 Å². The van der Waals surface area contributed by atoms with Gasteiger partial charge in [0, 0.05) is 24.3 Å². The van der Waals surface area contributed by atoms with E-state index in [4.69, 9.17) is 4.74 Å². The fraction of sp³-hybridized carbons (Fsp3) is 0.440. The van der Waals surface area contributed by atoms with Gasteiger partial charge in [0.2, 0.25) is 0 Å². The first-order chi connectivity index (χ1) is 14.4. The Labute approximate surface area is 179 Å². The molecule has 5 heteroatoms. The minimum atomic E-state index is -0.244. The highest BCUT2D eigenvalue weighted by Gasteiger charge is 2.22. The Morgan fingerprint density at radius 3 is 2.57 bits per heavy atom. The lowest BCUT2D eigenvalue weighted by Gasteiger charge is -2.30. The second kappa shape index (κ2) is 10.3. The fourth-order valence-electron chi connectivity index (χ4n) is 3.51. The lowest BCUT2D eigenvalue weighted by molar-refractivity contribution is 0.0697. The zero-order chi connectivity index (χ0) is 21.5. The molecule has 2 aromatic carbocycles. The van der Waals surface area contributed by atoms with E-state index < -0.39 is 0 Å². The van der Waals surface area contributed by atoms with Crippen LogP contribution in [0.4, 0.5) is 5.69 Å². The van der Waals surface area contributed by atoms with Crippen LogP contribution in [-0.4, -0.2) is 36.4 Å². The third kappa shape index (κ3) is 5.85. The summed E-state index contributed by atoms with van der Waals surface area (Å²) in [6.07, 6.45) is 3.00. The van der Waals surface area contributed by atoms with Crippen LogP contribution in [0.25, 0.3) is 0 Å². The van der Waals surface area contributed by atoms with Crippen LogP contribution in [0.15, 0.2) is 48.5 Å². The number of hydrogen-bond acceptors (Lipinski definition) is 3. The maximum absolute atomic E-state index is 12.9. The first-order valence-corrected chi connectivity index (χ1v) is 10.9. The summed E-state index contributed by atoms with van der Waals surface area (Å²) in [6.45, 7) is 8.65. The van der Waals surface area contributed by atoms with E-state index in [0.29, 0.717) is 41.0 Å². The molecule has 0 bridgehead atoms. The number of benzene rings is 2. The summed E-state index contributed by atoms with van der Waals surface area (Å²) in [5.41, 5.74) is 1.69. The number of carbonyl (C=O) groups excluding carboxylic acids is 2. The van der Waals surface area contributed by atoms with Crippen LogP contribution in [0, 0.1) is 11.8 Å². The van der Waals surface area contributed by atoms with E-state index in [1.54, 1.807) is 30.3 Å². The molecule has 2 amide bonds. The Morgan fingerprint density at radius 2 is 1.83 bits per heavy atom. The summed E-state index contributed by atoms with van der Waals surface area (Å²) >= 11 is 0. The monoisotopic (exact) mass is 408 g/mol. The molecule has 0 atom stereocenters. The van der Waals surface area contributed by atoms with Crippen molar-refractivity contribution in [2.24, 2.45) is 11.8 Å². The average Bonchev–Trinajstić information content (AvgIpc) is 2.74. The summed E-state index contributed by atoms with van der Waals surface area (Å²) < 4.78 is 5.84. The number of anilines is 1. The first kappa shape index (κ1) is 21.9. The van der Waals surface area contributed by atoms with Crippen molar-refractivity contribution in [1.82, 2.24) is 4.90 Å². The van der Waals surface area contributed by atoms with E-state index in [-0.39, 0.29) is 11.8 Å². The predicted octanol–water partition coefficient (Wildman–Crippen LogP) is 5.24. The first-order valence-electron chi connectivity index (χ1n) is 10.9. The fourth-order valence-corrected chi connectivity index (χ4v) is 3.51. The average molecular weight is 409 g/mol. The third-order valence-electron chi connectivity index (χ3n) is 5.52. The van der Waals surface area contributed by atoms with Gasteiger partial charge in [0.05, 0.1) is 12.2 Å². The van der Waals surface area contributed by atoms with Crippen molar-refractivity contribution in [3.8, 4) is 5.75 Å². The molecule has 0 unspecified atom stereocenters. The molecule has 2 aromatic rings. The molecule has 0 aromatic heterocycles. The summed E-state index contributed by atoms with van der Waals surface area (Å²) in [5.74, 6) is 1.56. The minimum Gasteiger partial charge on any atom is -0.493 e. The highest BCUT2D eigenvalue weighted by Crippen LogP contribution is 2.22. The van der Waals surface area contributed by atoms with Crippen molar-refractivity contribution in [3.63, 3.8) is 0 Å². The van der Waals surface area contributed by atoms with Crippen LogP contribution in [0.3, 0.4) is 0 Å². The number of rotatable bonds is 7. The molecule has 160 valence electrons. The van der Waals surface area contributed by atoms with Gasteiger partial charge in [0.15, 0.2) is 0 Å². The summed E-state index contributed by atoms with van der Waals surface area (Å²) in [4.78, 5) is 27.6. The van der Waals surface area contributed by atoms with Gasteiger partial charge >= 0.3 is 0 Å². The highest BCUT2D eigenvalue weighted by molar-refractivity contribution is 6.06. The highest BCUT2D eigenvalue weighted by atomic mass is 16.5. The summed E-state index contributed by atoms with van der Waals surface area (Å²) in [5, 5.41) is 2.91. The summed E-state index contributed by atoms with van der Waals surface area (Å²) in [6, 6.07) is 14.4. The van der Waals surface area contributed by atoms with Crippen LogP contribution in [-0.2, 0) is 0 Å². The lowest BCUT2D eigenvalue weighted by atomic mass is 9.98. The number of hydrogen-bond donors (Lipinski definition) is 1. The maximum atomic E-state index is 12.9. The van der Waals surface area contributed by atoms with Gasteiger partial charge in [-0.3, -0.25) is 9.59 Å². The van der Waals surface area contributed by atoms with E-state index in [1.165, 1.54) is 0 Å². The number of amides is 2. The second-order valence-corrected chi connectivity index (χ2v) is 8.54. The molecule has 0 saturated carbocycles. The van der Waals surface area contributed by atoms with Gasteiger partial charge in [0.1, 0.15) is 5.75 Å². The van der Waals surface area contributed by atoms with Crippen molar-refractivity contribution in [3.05, 3.63) is 59.7 Å². The molecule has 1 N–H and O–H groups in total. The van der Waals surface area contributed by atoms with Crippen molar-refractivity contribution in [1.29, 1.82) is 0 Å². The zero-order valence-corrected chi connectivity index (χ0v) is 18.2. The number of nitrogens with one attached hydrogen (secondary N) is 1. The topological polar surface area (TPSA) is 58.6 Å². The largest absolute Gasteiger partial charge is 0.493 e. The Kier molecular flexibility index (Phi) is 7.50. The zero-order valence-electron chi connectivity index (χ0n) is 18.2. The van der Waals surface area contributed by atoms with Crippen LogP contribution in [0.2, 0.25) is 0 Å². The van der Waals surface area contributed by atoms with Crippen LogP contribution in [0.5, 0.6) is 5.75 Å². The van der Waals surface area contributed by atoms with Crippen LogP contribution in [0.1, 0.15) is 60.7 Å². The minimum absolute atomic E-state index is 0.0235. The van der Waals surface area contributed by atoms with Crippen molar-refractivity contribution in [2.75, 3.05) is 25.0 Å². The molecule has 0 radical (unpaired) electrons. The quantitative estimate of drug-likeness (QED) is 0.682. The van der Waals surface area contributed by atoms with Crippen molar-refractivity contribution >= 4 is 17.5 Å². The van der Waals surface area contributed by atoms with E-state index >= 15 is 0 Å². The number of likely N-dealkylation sites (tertiary alicyclic amines) is 1. The molecule has 3 rings (SSSR count). The van der Waals surface area contributed by atoms with E-state index in [1.807, 2.05) is 23.1 Å². The second-order valence-electron chi connectivity index (χ2n) is 8.54. The molecule has 0 spiro atoms. The molecule has 0 aliphatic carbocycles. The Hall–Kier alpha value is -2.82. The van der Waals surface area contributed by atoms with Crippen LogP contribution >= 0.6 is 0 Å². The summed E-state index contributed by atoms with van der Waals surface area (Å²) in [7, 11) is 0. The van der Waals surface area contributed by atoms with Gasteiger partial charge in [-0.05, 0) is 61.4 Å². The van der Waals surface area contributed by atoms with Gasteiger partial charge < -0.3 is 15.0 Å². The number of carbonyl (C=O) groups is 2. The van der Waals surface area contributed by atoms with Crippen LogP contribution < -0.4 is 10.1 Å². The molecular weight excluding hydrogens is 376 g/mol. The van der Waals surface area contributed by atoms with Gasteiger partial charge in [-0.1, -0.05) is 39.0 Å². The van der Waals surface area contributed by atoms with Gasteiger partial charge in [-0.25, -0.2) is 0 Å². The number of piperidine rings is 1. The van der Waals surface area contributed by atoms with E-state index in [2.05, 4.69) is 26.1 Å². The molecule has 1 fully saturated rings. The normalized spacial score (nSPS) is 14.6. The number of para-hydroxylation sites is 1. The van der Waals surface area contributed by atoms with E-state index in [9.17, 15) is 9.59 Å². The molecule has 1 saturated heterocycles. The predicted molar refractivity (Wildman–Crippen MR) is 120 cm³/mol. The van der Waals surface area contributed by atoms with Gasteiger partial charge in [-0.15, -0.1) is 0 Å². The lowest BCUT2D eigenvalue weighted by Crippen LogP contribution is -2.37. The maximum Gasteiger partial charge on any atom is 0.259 e. The SMILES string of the molecule is CC(C)CCOc1ccccc1C(=O)Nc1cccc(C(=O)N2CCC(C)CC2)c1. The molecule has 1 aliphatic rings. The molecule has 5 nitrogen and oxygen atoms in total. The number of ether oxygens (including phenoxy) is 1. The van der Waals surface area contributed by atoms with E-state index in [0.717, 1.165) is 32.4 Å². The van der Waals surface area contributed by atoms with Crippen molar-refractivity contribution in [2.45, 2.75) is 40.0 Å². The smallest absolute Gasteiger partial charge is 0.259 e. The Morgan fingerprint density at radius 1 is 1.10 bits per heavy atom.